The van der Waals surface area contributed by atoms with Crippen molar-refractivity contribution in [2.24, 2.45) is 0 Å². The molecule has 0 fully saturated rings. The smallest absolute Gasteiger partial charge is 0.122 e. The summed E-state index contributed by atoms with van der Waals surface area (Å²) in [6.07, 6.45) is 4.23. The lowest BCUT2D eigenvalue weighted by Gasteiger charge is -2.08. The van der Waals surface area contributed by atoms with Crippen LogP contribution in [0.2, 0.25) is 0 Å². The third-order valence-electron chi connectivity index (χ3n) is 3.42. The number of hydrogen-bond acceptors (Lipinski definition) is 2. The van der Waals surface area contributed by atoms with Crippen LogP contribution in [0.5, 0.6) is 5.75 Å². The molecule has 0 aliphatic carbocycles. The van der Waals surface area contributed by atoms with Crippen LogP contribution in [0, 0.1) is 0 Å². The predicted molar refractivity (Wildman–Crippen MR) is 76.8 cm³/mol. The van der Waals surface area contributed by atoms with Gasteiger partial charge >= 0.3 is 0 Å². The van der Waals surface area contributed by atoms with Gasteiger partial charge in [-0.2, -0.15) is 0 Å². The second kappa shape index (κ2) is 7.01. The molecule has 1 unspecified atom stereocenters. The van der Waals surface area contributed by atoms with Crippen LogP contribution in [0.25, 0.3) is 0 Å². The summed E-state index contributed by atoms with van der Waals surface area (Å²) in [5, 5.41) is 3.77. The summed E-state index contributed by atoms with van der Waals surface area (Å²) >= 11 is 6.07. The summed E-state index contributed by atoms with van der Waals surface area (Å²) < 4.78 is 5.50. The highest BCUT2D eigenvalue weighted by Crippen LogP contribution is 2.25. The third-order valence-corrected chi connectivity index (χ3v) is 3.95. The first-order valence-electron chi connectivity index (χ1n) is 6.89. The Hall–Kier alpha value is -0.730. The molecule has 18 heavy (non-hydrogen) atoms. The molecule has 0 saturated heterocycles. The van der Waals surface area contributed by atoms with Crippen molar-refractivity contribution in [3.63, 3.8) is 0 Å². The molecule has 3 heteroatoms. The lowest BCUT2D eigenvalue weighted by molar-refractivity contribution is 0.357. The number of fused-ring (bicyclic) bond motifs is 1. The average Bonchev–Trinajstić information content (AvgIpc) is 2.85. The molecule has 1 N–H and O–H groups in total. The van der Waals surface area contributed by atoms with Crippen molar-refractivity contribution >= 4 is 11.6 Å². The van der Waals surface area contributed by atoms with Crippen LogP contribution in [-0.2, 0) is 12.8 Å². The lowest BCUT2D eigenvalue weighted by Crippen LogP contribution is -2.20. The van der Waals surface area contributed by atoms with Gasteiger partial charge in [-0.3, -0.25) is 0 Å². The van der Waals surface area contributed by atoms with Crippen LogP contribution >= 0.6 is 11.6 Å². The molecule has 1 aromatic rings. The number of alkyl halides is 1. The third kappa shape index (κ3) is 3.89. The summed E-state index contributed by atoms with van der Waals surface area (Å²) in [6.45, 7) is 5.00. The van der Waals surface area contributed by atoms with E-state index in [1.54, 1.807) is 0 Å². The maximum atomic E-state index is 6.07. The van der Waals surface area contributed by atoms with Crippen molar-refractivity contribution in [3.8, 4) is 5.75 Å². The quantitative estimate of drug-likeness (QED) is 0.605. The highest BCUT2D eigenvalue weighted by atomic mass is 35.5. The van der Waals surface area contributed by atoms with E-state index in [4.69, 9.17) is 16.3 Å². The normalized spacial score (nSPS) is 15.2. The summed E-state index contributed by atoms with van der Waals surface area (Å²) in [6, 6.07) is 6.55. The minimum Gasteiger partial charge on any atom is -0.493 e. The molecule has 1 aliphatic rings. The monoisotopic (exact) mass is 267 g/mol. The van der Waals surface area contributed by atoms with Crippen LogP contribution in [0.15, 0.2) is 18.2 Å². The Bertz CT molecular complexity index is 381. The van der Waals surface area contributed by atoms with Crippen molar-refractivity contribution in [2.45, 2.75) is 38.0 Å². The molecule has 0 amide bonds. The average molecular weight is 268 g/mol. The number of nitrogens with one attached hydrogen (secondary N) is 1. The predicted octanol–water partition coefficient (Wildman–Crippen LogP) is 3.16. The van der Waals surface area contributed by atoms with E-state index in [0.717, 1.165) is 51.1 Å². The molecule has 0 spiro atoms. The Balaban J connectivity index is 1.68. The Labute approximate surface area is 115 Å². The van der Waals surface area contributed by atoms with Crippen LogP contribution in [-0.4, -0.2) is 25.1 Å². The number of hydrogen-bond donors (Lipinski definition) is 1. The van der Waals surface area contributed by atoms with E-state index in [-0.39, 0.29) is 0 Å². The second-order valence-corrected chi connectivity index (χ2v) is 5.45. The minimum atomic E-state index is 0.314. The maximum Gasteiger partial charge on any atom is 0.122 e. The largest absolute Gasteiger partial charge is 0.493 e. The van der Waals surface area contributed by atoms with Gasteiger partial charge in [0.2, 0.25) is 0 Å². The van der Waals surface area contributed by atoms with Gasteiger partial charge in [0.15, 0.2) is 0 Å². The number of benzene rings is 1. The van der Waals surface area contributed by atoms with E-state index >= 15 is 0 Å². The van der Waals surface area contributed by atoms with Crippen molar-refractivity contribution < 1.29 is 4.74 Å². The molecule has 1 aliphatic heterocycles. The van der Waals surface area contributed by atoms with Gasteiger partial charge in [-0.1, -0.05) is 19.1 Å². The van der Waals surface area contributed by atoms with E-state index in [1.165, 1.54) is 11.1 Å². The molecule has 2 nitrogen and oxygen atoms in total. The van der Waals surface area contributed by atoms with Gasteiger partial charge in [0.05, 0.1) is 6.61 Å². The molecule has 1 heterocycles. The Morgan fingerprint density at radius 3 is 3.11 bits per heavy atom. The van der Waals surface area contributed by atoms with Gasteiger partial charge in [-0.25, -0.2) is 0 Å². The molecule has 0 bridgehead atoms. The van der Waals surface area contributed by atoms with Gasteiger partial charge in [-0.05, 0) is 49.5 Å². The molecule has 0 radical (unpaired) electrons. The number of ether oxygens (including phenoxy) is 1. The van der Waals surface area contributed by atoms with E-state index in [0.29, 0.717) is 5.38 Å². The minimum absolute atomic E-state index is 0.314. The summed E-state index contributed by atoms with van der Waals surface area (Å²) in [5.41, 5.74) is 2.75. The first-order valence-corrected chi connectivity index (χ1v) is 7.32. The van der Waals surface area contributed by atoms with Gasteiger partial charge in [0.1, 0.15) is 5.75 Å². The van der Waals surface area contributed by atoms with Crippen molar-refractivity contribution in [1.82, 2.24) is 5.32 Å². The second-order valence-electron chi connectivity index (χ2n) is 4.83. The van der Waals surface area contributed by atoms with E-state index in [2.05, 4.69) is 30.4 Å². The molecule has 1 atom stereocenters. The first-order chi connectivity index (χ1) is 8.79. The highest BCUT2D eigenvalue weighted by molar-refractivity contribution is 6.20. The topological polar surface area (TPSA) is 21.3 Å². The zero-order valence-electron chi connectivity index (χ0n) is 11.0. The molecule has 1 aromatic carbocycles. The standard InChI is InChI=1S/C15H22ClNO/c1-2-14(16)6-9-17-8-5-12-3-4-15-13(11-12)7-10-18-15/h3-4,11,14,17H,2,5-10H2,1H3. The van der Waals surface area contributed by atoms with Gasteiger partial charge in [-0.15, -0.1) is 11.6 Å². The van der Waals surface area contributed by atoms with Gasteiger partial charge < -0.3 is 10.1 Å². The van der Waals surface area contributed by atoms with Crippen molar-refractivity contribution in [2.75, 3.05) is 19.7 Å². The molecule has 100 valence electrons. The molecule has 0 saturated carbocycles. The summed E-state index contributed by atoms with van der Waals surface area (Å²) in [4.78, 5) is 0. The fraction of sp³-hybridized carbons (Fsp3) is 0.600. The molecule has 0 aromatic heterocycles. The Morgan fingerprint density at radius 1 is 1.39 bits per heavy atom. The van der Waals surface area contributed by atoms with Gasteiger partial charge in [0.25, 0.3) is 0 Å². The Kier molecular flexibility index (Phi) is 5.33. The number of halogens is 1. The van der Waals surface area contributed by atoms with Crippen LogP contribution in [0.4, 0.5) is 0 Å². The highest BCUT2D eigenvalue weighted by Gasteiger charge is 2.11. The van der Waals surface area contributed by atoms with Crippen LogP contribution < -0.4 is 10.1 Å². The molecular weight excluding hydrogens is 246 g/mol. The fourth-order valence-corrected chi connectivity index (χ4v) is 2.33. The fourth-order valence-electron chi connectivity index (χ4n) is 2.22. The van der Waals surface area contributed by atoms with Crippen molar-refractivity contribution in [1.29, 1.82) is 0 Å². The Morgan fingerprint density at radius 2 is 2.28 bits per heavy atom. The zero-order chi connectivity index (χ0) is 12.8. The lowest BCUT2D eigenvalue weighted by atomic mass is 10.1. The summed E-state index contributed by atoms with van der Waals surface area (Å²) in [7, 11) is 0. The van der Waals surface area contributed by atoms with E-state index < -0.39 is 0 Å². The number of rotatable bonds is 7. The summed E-state index contributed by atoms with van der Waals surface area (Å²) in [5.74, 6) is 1.07. The zero-order valence-corrected chi connectivity index (χ0v) is 11.8. The molecule has 2 rings (SSSR count). The molecular formula is C15H22ClNO. The van der Waals surface area contributed by atoms with E-state index in [1.807, 2.05) is 0 Å². The van der Waals surface area contributed by atoms with Crippen LogP contribution in [0.1, 0.15) is 30.9 Å². The SMILES string of the molecule is CCC(Cl)CCNCCc1ccc2c(c1)CCO2. The van der Waals surface area contributed by atoms with Crippen LogP contribution in [0.3, 0.4) is 0 Å². The first kappa shape index (κ1) is 13.7. The van der Waals surface area contributed by atoms with E-state index in [9.17, 15) is 0 Å². The maximum absolute atomic E-state index is 6.07. The van der Waals surface area contributed by atoms with Crippen molar-refractivity contribution in [3.05, 3.63) is 29.3 Å². The van der Waals surface area contributed by atoms with Gasteiger partial charge in [0, 0.05) is 11.8 Å².